The molecule has 174 valence electrons. The van der Waals surface area contributed by atoms with Gasteiger partial charge in [-0.25, -0.2) is 9.18 Å². The molecule has 1 unspecified atom stereocenters. The van der Waals surface area contributed by atoms with Crippen molar-refractivity contribution in [3.63, 3.8) is 0 Å². The predicted octanol–water partition coefficient (Wildman–Crippen LogP) is 1.76. The highest BCUT2D eigenvalue weighted by Crippen LogP contribution is 2.44. The molecule has 3 N–H and O–H groups in total. The fraction of sp³-hybridized carbons (Fsp3) is 0.636. The summed E-state index contributed by atoms with van der Waals surface area (Å²) in [6.45, 7) is 4.41. The minimum atomic E-state index is -0.497. The molecule has 8 nitrogen and oxygen atoms in total. The summed E-state index contributed by atoms with van der Waals surface area (Å²) < 4.78 is 20.2. The summed E-state index contributed by atoms with van der Waals surface area (Å²) in [6, 6.07) is 3.73. The fourth-order valence-corrected chi connectivity index (χ4v) is 5.22. The van der Waals surface area contributed by atoms with Gasteiger partial charge in [-0.1, -0.05) is 0 Å². The fourth-order valence-electron chi connectivity index (χ4n) is 5.22. The maximum Gasteiger partial charge on any atom is 0.376 e. The molecular weight excluding hydrogens is 414 g/mol. The van der Waals surface area contributed by atoms with Gasteiger partial charge in [0.2, 0.25) is 5.91 Å². The number of amides is 3. The molecule has 0 aromatic heterocycles. The van der Waals surface area contributed by atoms with Crippen LogP contribution in [0.3, 0.4) is 0 Å². The van der Waals surface area contributed by atoms with E-state index in [2.05, 4.69) is 10.6 Å². The Labute approximate surface area is 188 Å². The Bertz CT molecular complexity index is 854. The normalized spacial score (nSPS) is 23.2. The molecule has 0 aliphatic carbocycles. The summed E-state index contributed by atoms with van der Waals surface area (Å²) in [5, 5.41) is 15.2. The second-order valence-electron chi connectivity index (χ2n) is 9.21. The zero-order chi connectivity index (χ0) is 22.9. The molecule has 3 amide bonds. The van der Waals surface area contributed by atoms with Crippen LogP contribution in [0.1, 0.15) is 43.7 Å². The Morgan fingerprint density at radius 2 is 1.91 bits per heavy atom. The quantitative estimate of drug-likeness (QED) is 0.616. The Hall–Kier alpha value is -2.33. The molecule has 1 aromatic carbocycles. The van der Waals surface area contributed by atoms with Crippen molar-refractivity contribution < 1.29 is 23.7 Å². The number of ether oxygens (including phenoxy) is 1. The van der Waals surface area contributed by atoms with Crippen molar-refractivity contribution in [2.45, 2.75) is 50.6 Å². The van der Waals surface area contributed by atoms with Crippen molar-refractivity contribution >= 4 is 19.0 Å². The van der Waals surface area contributed by atoms with Crippen molar-refractivity contribution in [1.82, 2.24) is 20.3 Å². The number of urea groups is 1. The molecule has 3 aliphatic rings. The first-order valence-corrected chi connectivity index (χ1v) is 11.5. The van der Waals surface area contributed by atoms with Gasteiger partial charge in [0.25, 0.3) is 0 Å². The third-order valence-electron chi connectivity index (χ3n) is 7.18. The molecule has 3 heterocycles. The van der Waals surface area contributed by atoms with Crippen LogP contribution in [0, 0.1) is 11.7 Å². The molecule has 0 bridgehead atoms. The maximum atomic E-state index is 13.9. The van der Waals surface area contributed by atoms with Crippen LogP contribution in [0.25, 0.3) is 0 Å². The van der Waals surface area contributed by atoms with Crippen LogP contribution in [-0.4, -0.2) is 72.6 Å². The van der Waals surface area contributed by atoms with Crippen molar-refractivity contribution in [3.05, 3.63) is 29.6 Å². The summed E-state index contributed by atoms with van der Waals surface area (Å²) in [5.41, 5.74) is 0.144. The van der Waals surface area contributed by atoms with E-state index in [4.69, 9.17) is 4.74 Å². The van der Waals surface area contributed by atoms with Gasteiger partial charge in [0.15, 0.2) is 0 Å². The number of piperidine rings is 2. The van der Waals surface area contributed by atoms with Gasteiger partial charge in [-0.2, -0.15) is 0 Å². The second-order valence-corrected chi connectivity index (χ2v) is 9.21. The minimum absolute atomic E-state index is 0.00214. The SMILES string of the molecule is CNC(=O)NC1CC2(CCN(C(=O)C3CCN(B(C)O)CC3)CC2)Oc2ccc(F)cc21. The number of fused-ring (bicyclic) bond motifs is 1. The highest BCUT2D eigenvalue weighted by atomic mass is 19.1. The maximum absolute atomic E-state index is 13.9. The highest BCUT2D eigenvalue weighted by Gasteiger charge is 2.45. The number of nitrogens with one attached hydrogen (secondary N) is 2. The van der Waals surface area contributed by atoms with Crippen LogP contribution >= 0.6 is 0 Å². The number of carbonyl (C=O) groups excluding carboxylic acids is 2. The lowest BCUT2D eigenvalue weighted by Crippen LogP contribution is -2.55. The van der Waals surface area contributed by atoms with E-state index in [0.717, 1.165) is 25.9 Å². The average molecular weight is 446 g/mol. The van der Waals surface area contributed by atoms with Crippen molar-refractivity contribution in [3.8, 4) is 5.75 Å². The van der Waals surface area contributed by atoms with Gasteiger partial charge < -0.3 is 30.1 Å². The Kier molecular flexibility index (Phi) is 6.62. The molecular formula is C22H32BFN4O4. The average Bonchev–Trinajstić information content (AvgIpc) is 2.79. The van der Waals surface area contributed by atoms with Crippen molar-refractivity contribution in [2.75, 3.05) is 33.2 Å². The molecule has 32 heavy (non-hydrogen) atoms. The molecule has 1 spiro atoms. The van der Waals surface area contributed by atoms with Crippen molar-refractivity contribution in [1.29, 1.82) is 0 Å². The number of hydrogen-bond donors (Lipinski definition) is 3. The molecule has 0 radical (unpaired) electrons. The van der Waals surface area contributed by atoms with Gasteiger partial charge in [-0.3, -0.25) is 4.79 Å². The molecule has 4 rings (SSSR count). The van der Waals surface area contributed by atoms with E-state index in [0.29, 0.717) is 43.7 Å². The Morgan fingerprint density at radius 1 is 1.22 bits per heavy atom. The zero-order valence-electron chi connectivity index (χ0n) is 18.8. The minimum Gasteiger partial charge on any atom is -0.487 e. The molecule has 2 saturated heterocycles. The monoisotopic (exact) mass is 446 g/mol. The number of carbonyl (C=O) groups is 2. The van der Waals surface area contributed by atoms with Gasteiger partial charge in [0.1, 0.15) is 17.2 Å². The molecule has 1 atom stereocenters. The summed E-state index contributed by atoms with van der Waals surface area (Å²) in [5.74, 6) is 0.402. The lowest BCUT2D eigenvalue weighted by atomic mass is 9.79. The van der Waals surface area contributed by atoms with Crippen LogP contribution in [0.4, 0.5) is 9.18 Å². The first-order valence-electron chi connectivity index (χ1n) is 11.5. The Morgan fingerprint density at radius 3 is 2.53 bits per heavy atom. The Balaban J connectivity index is 1.41. The predicted molar refractivity (Wildman–Crippen MR) is 119 cm³/mol. The first kappa shape index (κ1) is 22.9. The summed E-state index contributed by atoms with van der Waals surface area (Å²) in [6.07, 6.45) is 3.38. The molecule has 1 aromatic rings. The summed E-state index contributed by atoms with van der Waals surface area (Å²) in [4.78, 5) is 29.0. The zero-order valence-corrected chi connectivity index (χ0v) is 18.8. The number of rotatable bonds is 3. The lowest BCUT2D eigenvalue weighted by molar-refractivity contribution is -0.141. The van der Waals surface area contributed by atoms with E-state index in [1.54, 1.807) is 19.9 Å². The van der Waals surface area contributed by atoms with Gasteiger partial charge >= 0.3 is 13.1 Å². The van der Waals surface area contributed by atoms with Crippen LogP contribution in [-0.2, 0) is 4.79 Å². The standard InChI is InChI=1S/C22H32BFN4O4/c1-23(31)28-9-5-15(6-10-28)20(29)27-11-7-22(8-12-27)14-18(26-21(30)25-2)17-13-16(24)3-4-19(17)32-22/h3-4,13,15,18,31H,5-12,14H2,1-2H3,(H2,25,26,30). The van der Waals surface area contributed by atoms with Crippen LogP contribution in [0.5, 0.6) is 5.75 Å². The van der Waals surface area contributed by atoms with Crippen LogP contribution < -0.4 is 15.4 Å². The summed E-state index contributed by atoms with van der Waals surface area (Å²) >= 11 is 0. The topological polar surface area (TPSA) is 94.1 Å². The van der Waals surface area contributed by atoms with E-state index >= 15 is 0 Å². The summed E-state index contributed by atoms with van der Waals surface area (Å²) in [7, 11) is 1.07. The first-order chi connectivity index (χ1) is 15.3. The number of benzene rings is 1. The van der Waals surface area contributed by atoms with E-state index in [-0.39, 0.29) is 29.7 Å². The van der Waals surface area contributed by atoms with Crippen LogP contribution in [0.2, 0.25) is 6.82 Å². The largest absolute Gasteiger partial charge is 0.487 e. The number of halogens is 1. The van der Waals surface area contributed by atoms with Gasteiger partial charge in [-0.15, -0.1) is 0 Å². The molecule has 3 aliphatic heterocycles. The van der Waals surface area contributed by atoms with Gasteiger partial charge in [0.05, 0.1) is 6.04 Å². The van der Waals surface area contributed by atoms with Gasteiger partial charge in [-0.05, 0) is 51.0 Å². The number of hydrogen-bond acceptors (Lipinski definition) is 5. The lowest BCUT2D eigenvalue weighted by Gasteiger charge is -2.47. The van der Waals surface area contributed by atoms with Crippen molar-refractivity contribution in [2.24, 2.45) is 5.92 Å². The third kappa shape index (κ3) is 4.71. The second kappa shape index (κ2) is 9.27. The smallest absolute Gasteiger partial charge is 0.376 e. The number of likely N-dealkylation sites (tertiary alicyclic amines) is 1. The highest BCUT2D eigenvalue weighted by molar-refractivity contribution is 6.45. The van der Waals surface area contributed by atoms with E-state index in [1.807, 2.05) is 9.71 Å². The molecule has 10 heteroatoms. The van der Waals surface area contributed by atoms with E-state index in [9.17, 15) is 19.0 Å². The van der Waals surface area contributed by atoms with Gasteiger partial charge in [0, 0.05) is 50.9 Å². The van der Waals surface area contributed by atoms with E-state index < -0.39 is 12.7 Å². The molecule has 0 saturated carbocycles. The third-order valence-corrected chi connectivity index (χ3v) is 7.18. The molecule has 2 fully saturated rings. The number of nitrogens with zero attached hydrogens (tertiary/aromatic N) is 2. The van der Waals surface area contributed by atoms with E-state index in [1.165, 1.54) is 12.1 Å². The van der Waals surface area contributed by atoms with Crippen LogP contribution in [0.15, 0.2) is 18.2 Å².